The Bertz CT molecular complexity index is 1530. The number of primary amides is 1. The number of amidine groups is 1. The molecule has 2 unspecified atom stereocenters. The van der Waals surface area contributed by atoms with E-state index >= 15 is 0 Å². The Morgan fingerprint density at radius 1 is 0.804 bits per heavy atom. The van der Waals surface area contributed by atoms with Gasteiger partial charge in [0.1, 0.15) is 23.8 Å². The molecule has 13 heteroatoms. The van der Waals surface area contributed by atoms with Crippen LogP contribution in [0.25, 0.3) is 0 Å². The van der Waals surface area contributed by atoms with Crippen LogP contribution in [0.1, 0.15) is 29.5 Å². The molecule has 0 heterocycles. The zero-order chi connectivity index (χ0) is 33.6. The van der Waals surface area contributed by atoms with Crippen molar-refractivity contribution in [3.63, 3.8) is 0 Å². The number of para-hydroxylation sites is 1. The SMILES string of the molecule is CN(C(=O)C(Cc1ccc(C(=N)N)cc1)C(=O)Nc1ccccc1)C(Cc1ccccc1)C(=O)N[C@@H](CCCN=C(N)N)C(N)=O. The predicted molar refractivity (Wildman–Crippen MR) is 177 cm³/mol. The van der Waals surface area contributed by atoms with Gasteiger partial charge in [-0.2, -0.15) is 0 Å². The molecule has 3 aromatic carbocycles. The minimum atomic E-state index is -1.23. The second-order valence-corrected chi connectivity index (χ2v) is 10.8. The van der Waals surface area contributed by atoms with Gasteiger partial charge in [0.2, 0.25) is 23.6 Å². The van der Waals surface area contributed by atoms with Gasteiger partial charge >= 0.3 is 0 Å². The second-order valence-electron chi connectivity index (χ2n) is 10.8. The van der Waals surface area contributed by atoms with E-state index in [2.05, 4.69) is 15.6 Å². The normalized spacial score (nSPS) is 12.5. The minimum Gasteiger partial charge on any atom is -0.384 e. The molecule has 0 spiro atoms. The molecule has 0 aliphatic heterocycles. The highest BCUT2D eigenvalue weighted by Gasteiger charge is 2.36. The maximum absolute atomic E-state index is 14.2. The van der Waals surface area contributed by atoms with Crippen molar-refractivity contribution in [3.8, 4) is 0 Å². The third kappa shape index (κ3) is 10.5. The van der Waals surface area contributed by atoms with Gasteiger partial charge in [-0.1, -0.05) is 72.8 Å². The van der Waals surface area contributed by atoms with E-state index in [4.69, 9.17) is 28.3 Å². The van der Waals surface area contributed by atoms with Crippen molar-refractivity contribution in [2.75, 3.05) is 18.9 Å². The Balaban J connectivity index is 1.92. The number of nitrogens with two attached hydrogens (primary N) is 4. The fourth-order valence-corrected chi connectivity index (χ4v) is 4.80. The summed E-state index contributed by atoms with van der Waals surface area (Å²) >= 11 is 0. The summed E-state index contributed by atoms with van der Waals surface area (Å²) in [4.78, 5) is 59.0. The highest BCUT2D eigenvalue weighted by atomic mass is 16.2. The van der Waals surface area contributed by atoms with Crippen LogP contribution in [-0.2, 0) is 32.0 Å². The van der Waals surface area contributed by atoms with Crippen molar-refractivity contribution < 1.29 is 19.2 Å². The summed E-state index contributed by atoms with van der Waals surface area (Å²) in [5.41, 5.74) is 24.3. The zero-order valence-electron chi connectivity index (χ0n) is 25.7. The van der Waals surface area contributed by atoms with Crippen LogP contribution in [0.4, 0.5) is 5.69 Å². The van der Waals surface area contributed by atoms with Crippen LogP contribution in [-0.4, -0.2) is 66.0 Å². The van der Waals surface area contributed by atoms with Gasteiger partial charge in [0.15, 0.2) is 5.96 Å². The van der Waals surface area contributed by atoms with E-state index in [0.717, 1.165) is 5.56 Å². The topological polar surface area (TPSA) is 236 Å². The van der Waals surface area contributed by atoms with Gasteiger partial charge in [-0.15, -0.1) is 0 Å². The van der Waals surface area contributed by atoms with Gasteiger partial charge in [-0.05, 0) is 42.5 Å². The lowest BCUT2D eigenvalue weighted by molar-refractivity contribution is -0.145. The molecule has 11 N–H and O–H groups in total. The first-order valence-corrected chi connectivity index (χ1v) is 14.7. The number of nitrogens with zero attached hydrogens (tertiary/aromatic N) is 2. The number of nitrogens with one attached hydrogen (secondary N) is 3. The first-order valence-electron chi connectivity index (χ1n) is 14.7. The van der Waals surface area contributed by atoms with E-state index in [0.29, 0.717) is 23.2 Å². The molecule has 46 heavy (non-hydrogen) atoms. The molecule has 0 fully saturated rings. The number of carbonyl (C=O) groups excluding carboxylic acids is 4. The number of carbonyl (C=O) groups is 4. The molecular formula is C33H41N9O4. The number of rotatable bonds is 16. The Morgan fingerprint density at radius 2 is 1.39 bits per heavy atom. The molecular weight excluding hydrogens is 586 g/mol. The van der Waals surface area contributed by atoms with Crippen molar-refractivity contribution >= 4 is 41.1 Å². The third-order valence-corrected chi connectivity index (χ3v) is 7.36. The van der Waals surface area contributed by atoms with Gasteiger partial charge in [-0.25, -0.2) is 0 Å². The zero-order valence-corrected chi connectivity index (χ0v) is 25.7. The third-order valence-electron chi connectivity index (χ3n) is 7.36. The van der Waals surface area contributed by atoms with Crippen LogP contribution in [0.5, 0.6) is 0 Å². The van der Waals surface area contributed by atoms with Crippen LogP contribution >= 0.6 is 0 Å². The van der Waals surface area contributed by atoms with E-state index < -0.39 is 41.6 Å². The number of nitrogen functional groups attached to an aromatic ring is 1. The maximum Gasteiger partial charge on any atom is 0.243 e. The molecule has 0 bridgehead atoms. The first-order chi connectivity index (χ1) is 22.0. The van der Waals surface area contributed by atoms with Crippen molar-refractivity contribution in [1.82, 2.24) is 10.2 Å². The highest BCUT2D eigenvalue weighted by molar-refractivity contribution is 6.07. The summed E-state index contributed by atoms with van der Waals surface area (Å²) in [6.45, 7) is 0.236. The number of benzene rings is 3. The minimum absolute atomic E-state index is 0.00834. The lowest BCUT2D eigenvalue weighted by atomic mass is 9.94. The fraction of sp³-hybridized carbons (Fsp3) is 0.273. The van der Waals surface area contributed by atoms with E-state index in [-0.39, 0.29) is 37.6 Å². The molecule has 3 aromatic rings. The molecule has 3 atom stereocenters. The molecule has 242 valence electrons. The summed E-state index contributed by atoms with van der Waals surface area (Å²) < 4.78 is 0. The second kappa shape index (κ2) is 16.9. The van der Waals surface area contributed by atoms with Crippen molar-refractivity contribution in [3.05, 3.63) is 102 Å². The van der Waals surface area contributed by atoms with E-state index in [9.17, 15) is 19.2 Å². The summed E-state index contributed by atoms with van der Waals surface area (Å²) in [6, 6.07) is 22.3. The Labute approximate surface area is 267 Å². The average molecular weight is 628 g/mol. The molecule has 0 saturated carbocycles. The summed E-state index contributed by atoms with van der Waals surface area (Å²) in [5.74, 6) is -3.97. The lowest BCUT2D eigenvalue weighted by Crippen LogP contribution is -2.55. The van der Waals surface area contributed by atoms with Crippen molar-refractivity contribution in [2.45, 2.75) is 37.8 Å². The van der Waals surface area contributed by atoms with Crippen LogP contribution in [0.15, 0.2) is 89.9 Å². The number of hydrogen-bond acceptors (Lipinski definition) is 6. The van der Waals surface area contributed by atoms with Crippen LogP contribution in [0, 0.1) is 11.3 Å². The Hall–Kier alpha value is -5.72. The summed E-state index contributed by atoms with van der Waals surface area (Å²) in [5, 5.41) is 13.1. The fourth-order valence-electron chi connectivity index (χ4n) is 4.80. The molecule has 0 aromatic heterocycles. The van der Waals surface area contributed by atoms with Gasteiger partial charge < -0.3 is 38.5 Å². The van der Waals surface area contributed by atoms with Gasteiger partial charge in [0, 0.05) is 31.3 Å². The van der Waals surface area contributed by atoms with Gasteiger partial charge in [-0.3, -0.25) is 29.6 Å². The molecule has 0 aliphatic rings. The number of likely N-dealkylation sites (N-methyl/N-ethyl adjacent to an activating group) is 1. The number of hydrogen-bond donors (Lipinski definition) is 7. The number of guanidine groups is 1. The van der Waals surface area contributed by atoms with E-state index in [1.807, 2.05) is 30.3 Å². The van der Waals surface area contributed by atoms with Crippen LogP contribution in [0.2, 0.25) is 0 Å². The quantitative estimate of drug-likeness (QED) is 0.0523. The molecule has 3 rings (SSSR count). The Kier molecular flexibility index (Phi) is 12.8. The lowest BCUT2D eigenvalue weighted by Gasteiger charge is -2.31. The van der Waals surface area contributed by atoms with Gasteiger partial charge in [0.25, 0.3) is 0 Å². The number of anilines is 1. The molecule has 0 saturated heterocycles. The molecule has 0 aliphatic carbocycles. The molecule has 0 radical (unpaired) electrons. The van der Waals surface area contributed by atoms with Crippen molar-refractivity contribution in [2.24, 2.45) is 33.8 Å². The molecule has 13 nitrogen and oxygen atoms in total. The maximum atomic E-state index is 14.2. The van der Waals surface area contributed by atoms with E-state index in [1.54, 1.807) is 54.6 Å². The van der Waals surface area contributed by atoms with Crippen LogP contribution < -0.4 is 33.6 Å². The van der Waals surface area contributed by atoms with Crippen molar-refractivity contribution in [1.29, 1.82) is 5.41 Å². The standard InChI is InChI=1S/C33H41N9O4/c1-42(27(20-21-9-4-2-5-10-21)31(45)41-26(29(36)43)13-8-18-39-33(37)38)32(46)25(30(44)40-24-11-6-3-7-12-24)19-22-14-16-23(17-15-22)28(34)35/h2-7,9-12,14-17,25-27H,8,13,18-20H2,1H3,(H3,34,35)(H2,36,43)(H,40,44)(H,41,45)(H4,37,38,39)/t25?,26-,27?/m0/s1. The predicted octanol–water partition coefficient (Wildman–Crippen LogP) is 0.861. The highest BCUT2D eigenvalue weighted by Crippen LogP contribution is 2.19. The smallest absolute Gasteiger partial charge is 0.243 e. The van der Waals surface area contributed by atoms with E-state index in [1.165, 1.54) is 11.9 Å². The average Bonchev–Trinajstić information content (AvgIpc) is 3.04. The van der Waals surface area contributed by atoms with Gasteiger partial charge in [0.05, 0.1) is 0 Å². The first kappa shape index (κ1) is 34.8. The largest absolute Gasteiger partial charge is 0.384 e. The summed E-state index contributed by atoms with van der Waals surface area (Å²) in [6.07, 6.45) is 0.656. The molecule has 4 amide bonds. The summed E-state index contributed by atoms with van der Waals surface area (Å²) in [7, 11) is 1.45. The van der Waals surface area contributed by atoms with Crippen LogP contribution in [0.3, 0.4) is 0 Å². The Morgan fingerprint density at radius 3 is 1.96 bits per heavy atom. The monoisotopic (exact) mass is 627 g/mol. The number of amides is 4. The number of aliphatic imine (C=N–C) groups is 1.